The van der Waals surface area contributed by atoms with Crippen LogP contribution in [0.4, 0.5) is 5.69 Å². The fourth-order valence-electron chi connectivity index (χ4n) is 1.07. The third-order valence-electron chi connectivity index (χ3n) is 1.55. The van der Waals surface area contributed by atoms with Gasteiger partial charge in [-0.3, -0.25) is 4.79 Å². The van der Waals surface area contributed by atoms with E-state index in [1.807, 2.05) is 13.8 Å². The van der Waals surface area contributed by atoms with Crippen LogP contribution in [-0.4, -0.2) is 5.91 Å². The topological polar surface area (TPSA) is 29.1 Å². The summed E-state index contributed by atoms with van der Waals surface area (Å²) in [5.74, 6) is -0.187. The average molecular weight is 244 g/mol. The Balaban J connectivity index is 2.81. The largest absolute Gasteiger partial charge is 0.322 e. The zero-order valence-electron chi connectivity index (χ0n) is 8.47. The Hall–Kier alpha value is -0.990. The summed E-state index contributed by atoms with van der Waals surface area (Å²) in [5.41, 5.74) is 1.52. The smallest absolute Gasteiger partial charge is 0.248 e. The minimum Gasteiger partial charge on any atom is -0.322 e. The number of anilines is 1. The third-order valence-corrected chi connectivity index (χ3v) is 1.99. The van der Waals surface area contributed by atoms with E-state index in [-0.39, 0.29) is 5.91 Å². The maximum Gasteiger partial charge on any atom is 0.248 e. The van der Waals surface area contributed by atoms with Crippen molar-refractivity contribution in [2.75, 3.05) is 5.32 Å². The first-order valence-corrected chi connectivity index (χ1v) is 5.15. The summed E-state index contributed by atoms with van der Waals surface area (Å²) < 4.78 is 0. The SMILES string of the molecule is CC(C)=CC(=O)Nc1cc(Cl)cc(Cl)c1. The molecule has 80 valence electrons. The second-order valence-electron chi connectivity index (χ2n) is 3.37. The molecular formula is C11H11Cl2NO. The zero-order chi connectivity index (χ0) is 11.4. The van der Waals surface area contributed by atoms with Gasteiger partial charge in [-0.1, -0.05) is 28.8 Å². The minimum atomic E-state index is -0.187. The van der Waals surface area contributed by atoms with Crippen molar-refractivity contribution >= 4 is 34.8 Å². The summed E-state index contributed by atoms with van der Waals surface area (Å²) in [6.07, 6.45) is 1.51. The number of benzene rings is 1. The molecule has 0 aromatic heterocycles. The molecule has 0 aliphatic carbocycles. The minimum absolute atomic E-state index is 0.187. The van der Waals surface area contributed by atoms with Crippen LogP contribution in [0.25, 0.3) is 0 Å². The van der Waals surface area contributed by atoms with Gasteiger partial charge in [-0.25, -0.2) is 0 Å². The van der Waals surface area contributed by atoms with Gasteiger partial charge in [0, 0.05) is 21.8 Å². The van der Waals surface area contributed by atoms with Gasteiger partial charge in [-0.05, 0) is 32.0 Å². The summed E-state index contributed by atoms with van der Waals surface area (Å²) in [7, 11) is 0. The van der Waals surface area contributed by atoms with E-state index in [9.17, 15) is 4.79 Å². The van der Waals surface area contributed by atoms with E-state index in [2.05, 4.69) is 5.32 Å². The fraction of sp³-hybridized carbons (Fsp3) is 0.182. The molecule has 0 atom stereocenters. The molecule has 1 aromatic rings. The van der Waals surface area contributed by atoms with E-state index in [0.717, 1.165) is 5.57 Å². The zero-order valence-corrected chi connectivity index (χ0v) is 9.99. The number of nitrogens with one attached hydrogen (secondary N) is 1. The van der Waals surface area contributed by atoms with Crippen molar-refractivity contribution in [2.45, 2.75) is 13.8 Å². The van der Waals surface area contributed by atoms with E-state index < -0.39 is 0 Å². The lowest BCUT2D eigenvalue weighted by Crippen LogP contribution is -2.08. The number of carbonyl (C=O) groups is 1. The molecule has 0 unspecified atom stereocenters. The van der Waals surface area contributed by atoms with Crippen LogP contribution in [0.15, 0.2) is 29.8 Å². The highest BCUT2D eigenvalue weighted by Gasteiger charge is 2.01. The number of amides is 1. The Labute approximate surface area is 98.9 Å². The van der Waals surface area contributed by atoms with Crippen LogP contribution in [0.2, 0.25) is 10.0 Å². The van der Waals surface area contributed by atoms with Gasteiger partial charge in [0.25, 0.3) is 0 Å². The van der Waals surface area contributed by atoms with E-state index in [1.165, 1.54) is 6.08 Å². The molecule has 0 fully saturated rings. The maximum atomic E-state index is 11.4. The summed E-state index contributed by atoms with van der Waals surface area (Å²) in [4.78, 5) is 11.4. The van der Waals surface area contributed by atoms with Gasteiger partial charge < -0.3 is 5.32 Å². The number of hydrogen-bond donors (Lipinski definition) is 1. The van der Waals surface area contributed by atoms with Crippen LogP contribution >= 0.6 is 23.2 Å². The quantitative estimate of drug-likeness (QED) is 0.785. The van der Waals surface area contributed by atoms with E-state index in [4.69, 9.17) is 23.2 Å². The molecule has 0 heterocycles. The van der Waals surface area contributed by atoms with Crippen molar-refractivity contribution in [3.05, 3.63) is 39.9 Å². The first-order chi connectivity index (χ1) is 6.97. The molecule has 2 nitrogen and oxygen atoms in total. The van der Waals surface area contributed by atoms with Crippen molar-refractivity contribution in [3.8, 4) is 0 Å². The number of rotatable bonds is 2. The lowest BCUT2D eigenvalue weighted by molar-refractivity contribution is -0.111. The lowest BCUT2D eigenvalue weighted by Gasteiger charge is -2.03. The molecule has 0 radical (unpaired) electrons. The van der Waals surface area contributed by atoms with Crippen molar-refractivity contribution in [1.29, 1.82) is 0 Å². The molecule has 0 saturated carbocycles. The molecule has 1 amide bonds. The van der Waals surface area contributed by atoms with Gasteiger partial charge in [0.2, 0.25) is 5.91 Å². The molecule has 4 heteroatoms. The van der Waals surface area contributed by atoms with E-state index in [0.29, 0.717) is 15.7 Å². The van der Waals surface area contributed by atoms with Crippen LogP contribution in [0.5, 0.6) is 0 Å². The molecule has 0 bridgehead atoms. The molecule has 1 rings (SSSR count). The van der Waals surface area contributed by atoms with Crippen molar-refractivity contribution < 1.29 is 4.79 Å². The van der Waals surface area contributed by atoms with Gasteiger partial charge in [0.1, 0.15) is 0 Å². The van der Waals surface area contributed by atoms with Crippen LogP contribution in [0.3, 0.4) is 0 Å². The van der Waals surface area contributed by atoms with E-state index in [1.54, 1.807) is 18.2 Å². The predicted molar refractivity (Wildman–Crippen MR) is 64.5 cm³/mol. The Bertz CT molecular complexity index is 389. The normalized spacial score (nSPS) is 9.60. The Morgan fingerprint density at radius 2 is 1.73 bits per heavy atom. The number of hydrogen-bond acceptors (Lipinski definition) is 1. The molecule has 15 heavy (non-hydrogen) atoms. The van der Waals surface area contributed by atoms with Gasteiger partial charge in [-0.15, -0.1) is 0 Å². The predicted octanol–water partition coefficient (Wildman–Crippen LogP) is 3.90. The molecule has 0 spiro atoms. The van der Waals surface area contributed by atoms with Crippen LogP contribution in [-0.2, 0) is 4.79 Å². The average Bonchev–Trinajstić information content (AvgIpc) is 1.98. The van der Waals surface area contributed by atoms with E-state index >= 15 is 0 Å². The van der Waals surface area contributed by atoms with Crippen molar-refractivity contribution in [1.82, 2.24) is 0 Å². The number of carbonyl (C=O) groups excluding carboxylic acids is 1. The fourth-order valence-corrected chi connectivity index (χ4v) is 1.59. The first-order valence-electron chi connectivity index (χ1n) is 4.39. The van der Waals surface area contributed by atoms with Gasteiger partial charge in [0.05, 0.1) is 0 Å². The summed E-state index contributed by atoms with van der Waals surface area (Å²) in [5, 5.41) is 3.66. The van der Waals surface area contributed by atoms with Crippen molar-refractivity contribution in [3.63, 3.8) is 0 Å². The molecule has 0 aliphatic rings. The second-order valence-corrected chi connectivity index (χ2v) is 4.24. The highest BCUT2D eigenvalue weighted by molar-refractivity contribution is 6.35. The van der Waals surface area contributed by atoms with Crippen LogP contribution < -0.4 is 5.32 Å². The second kappa shape index (κ2) is 5.19. The van der Waals surface area contributed by atoms with Crippen LogP contribution in [0, 0.1) is 0 Å². The number of halogens is 2. The Kier molecular flexibility index (Phi) is 4.18. The van der Waals surface area contributed by atoms with Crippen LogP contribution in [0.1, 0.15) is 13.8 Å². The van der Waals surface area contributed by atoms with Gasteiger partial charge in [0.15, 0.2) is 0 Å². The molecule has 0 saturated heterocycles. The number of allylic oxidation sites excluding steroid dienone is 1. The monoisotopic (exact) mass is 243 g/mol. The van der Waals surface area contributed by atoms with Gasteiger partial charge >= 0.3 is 0 Å². The summed E-state index contributed by atoms with van der Waals surface area (Å²) in [6, 6.07) is 4.90. The first kappa shape index (κ1) is 12.1. The highest BCUT2D eigenvalue weighted by Crippen LogP contribution is 2.22. The molecule has 1 N–H and O–H groups in total. The Morgan fingerprint density at radius 3 is 2.20 bits per heavy atom. The summed E-state index contributed by atoms with van der Waals surface area (Å²) in [6.45, 7) is 3.70. The van der Waals surface area contributed by atoms with Gasteiger partial charge in [-0.2, -0.15) is 0 Å². The third kappa shape index (κ3) is 4.36. The van der Waals surface area contributed by atoms with Crippen molar-refractivity contribution in [2.24, 2.45) is 0 Å². The lowest BCUT2D eigenvalue weighted by atomic mass is 10.3. The molecular weight excluding hydrogens is 233 g/mol. The Morgan fingerprint density at radius 1 is 1.20 bits per heavy atom. The standard InChI is InChI=1S/C11H11Cl2NO/c1-7(2)3-11(15)14-10-5-8(12)4-9(13)6-10/h3-6H,1-2H3,(H,14,15). The molecule has 0 aliphatic heterocycles. The highest BCUT2D eigenvalue weighted by atomic mass is 35.5. The molecule has 1 aromatic carbocycles. The summed E-state index contributed by atoms with van der Waals surface area (Å²) >= 11 is 11.6. The maximum absolute atomic E-state index is 11.4.